The lowest BCUT2D eigenvalue weighted by Crippen LogP contribution is -2.13. The standard InChI is InChI=1S/C25H21N5O2.C24H18FN5O2.C24H21FN4O2.C24H19N5O2/c1-15(9-16-13-28-24(12-26)29-14-16)18-5-8-20-21(17-3-6-19(32-2)7-4-17)11-23(25(27)31)30-22(20)10-18;1-32-16-5-7-17(20(25)9-16)19-10-22(24(27)31)30-21-8-14(4-6-18(19)21)2-3-15-12-28-23(11-26)29-13-15;1-31-16-7-9-17(20(25)12-16)19-13-22(24(27)30)29-21-11-14(5-8-18(19)21)4-6-15-3-2-10-28-23(15)26;1-31-18-7-5-17(6-8-18)20-11-22(24(26)30)29-21-10-15(4-9-19(20)21)2-3-16-13-27-23(12-25)28-14-16/h3-8,10-11,13-15H,9H2,1-2H3,(H2,27,31);4-10,12-13H,2-3H2,1H3,(H2,27,31);2-3,5,7-13H,4,6H2,1H3,(H2,26,28)(H2,27,30);4-11,13-14H,2-3H2,1H3,(H2,26,30). The van der Waals surface area contributed by atoms with E-state index in [0.29, 0.717) is 99.1 Å². The third kappa shape index (κ3) is 21.0. The summed E-state index contributed by atoms with van der Waals surface area (Å²) < 4.78 is 50.2. The van der Waals surface area contributed by atoms with Gasteiger partial charge in [-0.15, -0.1) is 0 Å². The van der Waals surface area contributed by atoms with Crippen LogP contribution in [0.4, 0.5) is 14.6 Å². The lowest BCUT2D eigenvalue weighted by molar-refractivity contribution is 0.0987. The number of methoxy groups -OCH3 is 4. The normalized spacial score (nSPS) is 11.0. The van der Waals surface area contributed by atoms with E-state index in [0.717, 1.165) is 107 Å². The number of hydrogen-bond acceptors (Lipinski definition) is 23. The number of anilines is 1. The summed E-state index contributed by atoms with van der Waals surface area (Å²) >= 11 is 0. The number of rotatable bonds is 24. The fourth-order valence-corrected chi connectivity index (χ4v) is 14.1. The van der Waals surface area contributed by atoms with Gasteiger partial charge < -0.3 is 47.6 Å². The number of pyridine rings is 5. The Morgan fingerprint density at radius 1 is 0.357 bits per heavy atom. The molecule has 10 N–H and O–H groups in total. The smallest absolute Gasteiger partial charge is 0.267 e. The van der Waals surface area contributed by atoms with E-state index in [1.807, 2.05) is 146 Å². The van der Waals surface area contributed by atoms with Crippen LogP contribution in [0, 0.1) is 45.6 Å². The van der Waals surface area contributed by atoms with Gasteiger partial charge in [0.2, 0.25) is 17.5 Å². The molecule has 0 aliphatic carbocycles. The molecule has 4 amide bonds. The first-order chi connectivity index (χ1) is 61.0. The maximum atomic E-state index is 14.8. The van der Waals surface area contributed by atoms with E-state index in [4.69, 9.17) is 63.4 Å². The Labute approximate surface area is 721 Å². The first-order valence-electron chi connectivity index (χ1n) is 39.2. The lowest BCUT2D eigenvalue weighted by atomic mass is 9.92. The summed E-state index contributed by atoms with van der Waals surface area (Å²) in [6.45, 7) is 2.10. The molecule has 16 aromatic rings. The van der Waals surface area contributed by atoms with Crippen LogP contribution >= 0.6 is 0 Å². The Hall–Kier alpha value is -17.0. The van der Waals surface area contributed by atoms with Gasteiger partial charge in [-0.1, -0.05) is 85.8 Å². The van der Waals surface area contributed by atoms with Gasteiger partial charge in [-0.25, -0.2) is 63.6 Å². The highest BCUT2D eigenvalue weighted by molar-refractivity contribution is 6.05. The van der Waals surface area contributed by atoms with Gasteiger partial charge in [0.1, 0.15) is 81.4 Å². The molecule has 1 unspecified atom stereocenters. The predicted octanol–water partition coefficient (Wildman–Crippen LogP) is 15.0. The topological polar surface area (TPSA) is 448 Å². The Balaban J connectivity index is 0.000000144. The number of aryl methyl sites for hydroxylation is 6. The molecule has 624 valence electrons. The number of aromatic nitrogens is 11. The SMILES string of the molecule is COc1ccc(-c2cc(C(N)=O)nc3cc(C(C)Cc4cnc(C#N)nc4)ccc23)cc1.COc1ccc(-c2cc(C(N)=O)nc3cc(CCc4cccnc4N)ccc23)c(F)c1.COc1ccc(-c2cc(C(N)=O)nc3cc(CCc4cnc(C#N)nc4)ccc23)c(F)c1.COc1ccc(-c2cc(C(N)=O)nc3cc(CCc4cnc(C#N)nc4)ccc23)cc1. The van der Waals surface area contributed by atoms with Crippen LogP contribution in [0.5, 0.6) is 23.0 Å². The molecule has 29 heteroatoms. The van der Waals surface area contributed by atoms with Crippen LogP contribution in [0.25, 0.3) is 88.1 Å². The number of nitrogens with zero attached hydrogens (tertiary/aromatic N) is 14. The number of nitriles is 3. The highest BCUT2D eigenvalue weighted by Gasteiger charge is 2.21. The summed E-state index contributed by atoms with van der Waals surface area (Å²) in [4.78, 5) is 93.5. The summed E-state index contributed by atoms with van der Waals surface area (Å²) in [6, 6.07) is 63.9. The molecule has 0 aliphatic rings. The van der Waals surface area contributed by atoms with E-state index in [9.17, 15) is 28.0 Å². The quantitative estimate of drug-likeness (QED) is 0.0375. The average molecular weight is 1680 g/mol. The minimum Gasteiger partial charge on any atom is -0.497 e. The van der Waals surface area contributed by atoms with Crippen molar-refractivity contribution in [1.82, 2.24) is 54.8 Å². The molecule has 0 radical (unpaired) electrons. The molecule has 0 bridgehead atoms. The minimum atomic E-state index is -0.692. The number of primary amides is 4. The third-order valence-electron chi connectivity index (χ3n) is 20.7. The number of nitrogens with two attached hydrogens (primary N) is 5. The van der Waals surface area contributed by atoms with Gasteiger partial charge in [-0.05, 0) is 232 Å². The number of carbonyl (C=O) groups excluding carboxylic acids is 4. The summed E-state index contributed by atoms with van der Waals surface area (Å²) in [5.74, 6) is -0.0352. The summed E-state index contributed by atoms with van der Waals surface area (Å²) in [5.41, 5.74) is 44.3. The van der Waals surface area contributed by atoms with E-state index in [-0.39, 0.29) is 46.2 Å². The van der Waals surface area contributed by atoms with Gasteiger partial charge in [-0.3, -0.25) is 19.2 Å². The Kier molecular flexibility index (Phi) is 27.5. The number of carbonyl (C=O) groups is 4. The van der Waals surface area contributed by atoms with Crippen molar-refractivity contribution in [3.05, 3.63) is 334 Å². The van der Waals surface area contributed by atoms with E-state index >= 15 is 0 Å². The molecular weight excluding hydrogens is 1600 g/mol. The van der Waals surface area contributed by atoms with Crippen molar-refractivity contribution >= 4 is 73.1 Å². The molecule has 126 heavy (non-hydrogen) atoms. The summed E-state index contributed by atoms with van der Waals surface area (Å²) in [7, 11) is 6.18. The van der Waals surface area contributed by atoms with Crippen molar-refractivity contribution in [2.75, 3.05) is 34.2 Å². The first-order valence-corrected chi connectivity index (χ1v) is 39.2. The number of fused-ring (bicyclic) bond motifs is 4. The molecule has 27 nitrogen and oxygen atoms in total. The molecule has 0 saturated heterocycles. The van der Waals surface area contributed by atoms with Crippen LogP contribution in [0.1, 0.15) is 117 Å². The number of hydrogen-bond donors (Lipinski definition) is 5. The fourth-order valence-electron chi connectivity index (χ4n) is 14.1. The summed E-state index contributed by atoms with van der Waals surface area (Å²) in [6.07, 6.45) is 16.5. The maximum Gasteiger partial charge on any atom is 0.267 e. The number of ether oxygens (including phenoxy) is 4. The minimum absolute atomic E-state index is 0.0559. The van der Waals surface area contributed by atoms with Crippen molar-refractivity contribution in [2.24, 2.45) is 22.9 Å². The molecule has 1 atom stereocenters. The largest absolute Gasteiger partial charge is 0.497 e. The van der Waals surface area contributed by atoms with Crippen molar-refractivity contribution in [3.63, 3.8) is 0 Å². The maximum absolute atomic E-state index is 14.8. The van der Waals surface area contributed by atoms with Crippen LogP contribution < -0.4 is 47.6 Å². The van der Waals surface area contributed by atoms with Crippen molar-refractivity contribution in [2.45, 2.75) is 57.8 Å². The van der Waals surface area contributed by atoms with Crippen LogP contribution in [-0.2, 0) is 44.9 Å². The monoisotopic (exact) mass is 1680 g/mol. The molecule has 16 rings (SSSR count). The fraction of sp³-hybridized carbons (Fsp3) is 0.134. The van der Waals surface area contributed by atoms with Crippen LogP contribution in [0.3, 0.4) is 0 Å². The van der Waals surface area contributed by atoms with E-state index in [2.05, 4.69) is 67.8 Å². The summed E-state index contributed by atoms with van der Waals surface area (Å²) in [5, 5.41) is 29.7. The van der Waals surface area contributed by atoms with Crippen LogP contribution in [-0.4, -0.2) is 107 Å². The molecule has 8 heterocycles. The number of benzene rings is 8. The third-order valence-corrected chi connectivity index (χ3v) is 20.7. The van der Waals surface area contributed by atoms with Gasteiger partial charge in [0.25, 0.3) is 23.6 Å². The van der Waals surface area contributed by atoms with Crippen molar-refractivity contribution < 1.29 is 46.9 Å². The van der Waals surface area contributed by atoms with Crippen molar-refractivity contribution in [3.8, 4) is 85.7 Å². The van der Waals surface area contributed by atoms with Crippen molar-refractivity contribution in [1.29, 1.82) is 15.8 Å². The van der Waals surface area contributed by atoms with Gasteiger partial charge >= 0.3 is 0 Å². The van der Waals surface area contributed by atoms with E-state index in [1.165, 1.54) is 38.5 Å². The zero-order valence-electron chi connectivity index (χ0n) is 68.7. The van der Waals surface area contributed by atoms with E-state index < -0.39 is 35.3 Å². The van der Waals surface area contributed by atoms with Gasteiger partial charge in [-0.2, -0.15) is 15.8 Å². The molecule has 0 saturated carbocycles. The molecular formula is C97H79F2N19O8. The zero-order chi connectivity index (χ0) is 89.1. The highest BCUT2D eigenvalue weighted by Crippen LogP contribution is 2.38. The van der Waals surface area contributed by atoms with Crippen LogP contribution in [0.15, 0.2) is 238 Å². The molecule has 8 aromatic carbocycles. The second kappa shape index (κ2) is 39.9. The second-order valence-corrected chi connectivity index (χ2v) is 28.9. The Bertz CT molecular complexity index is 6930. The molecule has 8 aromatic heterocycles. The molecule has 0 fully saturated rings. The van der Waals surface area contributed by atoms with E-state index in [1.54, 1.807) is 94.0 Å². The number of nitrogen functional groups attached to an aromatic ring is 1. The Morgan fingerprint density at radius 2 is 0.683 bits per heavy atom. The molecule has 0 aliphatic heterocycles. The van der Waals surface area contributed by atoms with Crippen LogP contribution in [0.2, 0.25) is 0 Å². The highest BCUT2D eigenvalue weighted by atomic mass is 19.1. The van der Waals surface area contributed by atoms with Gasteiger partial charge in [0, 0.05) is 88.2 Å². The second-order valence-electron chi connectivity index (χ2n) is 28.9. The predicted molar refractivity (Wildman–Crippen MR) is 472 cm³/mol. The number of amides is 4. The Morgan fingerprint density at radius 3 is 1.03 bits per heavy atom. The first kappa shape index (κ1) is 86.8. The molecule has 0 spiro atoms. The number of halogens is 2. The van der Waals surface area contributed by atoms with Gasteiger partial charge in [0.15, 0.2) is 0 Å². The van der Waals surface area contributed by atoms with Gasteiger partial charge in [0.05, 0.1) is 50.5 Å². The zero-order valence-corrected chi connectivity index (χ0v) is 68.7. The lowest BCUT2D eigenvalue weighted by Gasteiger charge is -2.15. The average Bonchev–Trinajstić information content (AvgIpc) is 0.738.